The Hall–Kier alpha value is -1.28. The van der Waals surface area contributed by atoms with Crippen LogP contribution >= 0.6 is 11.6 Å². The van der Waals surface area contributed by atoms with Crippen molar-refractivity contribution in [3.63, 3.8) is 0 Å². The summed E-state index contributed by atoms with van der Waals surface area (Å²) < 4.78 is 37.4. The van der Waals surface area contributed by atoms with Crippen molar-refractivity contribution in [2.45, 2.75) is 13.1 Å². The molecule has 0 aromatic carbocycles. The number of nitrogens with one attached hydrogen (secondary N) is 1. The smallest absolute Gasteiger partial charge is 0.395 e. The number of nitrogens with zero attached hydrogens (tertiary/aromatic N) is 3. The molecule has 1 rings (SSSR count). The molecule has 0 unspecified atom stereocenters. The second-order valence-electron chi connectivity index (χ2n) is 3.66. The second-order valence-corrected chi connectivity index (χ2v) is 4.06. The monoisotopic (exact) mass is 298 g/mol. The van der Waals surface area contributed by atoms with Gasteiger partial charge in [-0.2, -0.15) is 18.2 Å². The van der Waals surface area contributed by atoms with E-state index in [1.54, 1.807) is 6.92 Å². The minimum absolute atomic E-state index is 0.000599. The summed E-state index contributed by atoms with van der Waals surface area (Å²) in [6.07, 6.45) is -3.19. The molecule has 0 bridgehead atoms. The Morgan fingerprint density at radius 2 is 2.16 bits per heavy atom. The average molecular weight is 299 g/mol. The molecule has 19 heavy (non-hydrogen) atoms. The van der Waals surface area contributed by atoms with Crippen LogP contribution in [0.5, 0.6) is 0 Å². The number of alkyl halides is 3. The fourth-order valence-electron chi connectivity index (χ4n) is 1.42. The van der Waals surface area contributed by atoms with Crippen molar-refractivity contribution in [1.82, 2.24) is 9.97 Å². The summed E-state index contributed by atoms with van der Waals surface area (Å²) in [6, 6.07) is 0. The van der Waals surface area contributed by atoms with E-state index in [-0.39, 0.29) is 23.3 Å². The van der Waals surface area contributed by atoms with Crippen LogP contribution in [0, 0.1) is 0 Å². The summed E-state index contributed by atoms with van der Waals surface area (Å²) in [7, 11) is 0. The minimum atomic E-state index is -4.41. The third-order valence-electron chi connectivity index (χ3n) is 2.10. The first-order valence-electron chi connectivity index (χ1n) is 5.56. The van der Waals surface area contributed by atoms with Crippen LogP contribution in [0.15, 0.2) is 6.20 Å². The highest BCUT2D eigenvalue weighted by molar-refractivity contribution is 6.32. The first-order chi connectivity index (χ1) is 8.87. The molecule has 0 aliphatic rings. The fourth-order valence-corrected chi connectivity index (χ4v) is 1.63. The Balaban J connectivity index is 3.03. The molecule has 1 heterocycles. The number of anilines is 2. The number of hydrogen-bond acceptors (Lipinski definition) is 5. The maximum absolute atomic E-state index is 12.5. The van der Waals surface area contributed by atoms with E-state index in [0.717, 1.165) is 4.90 Å². The van der Waals surface area contributed by atoms with Gasteiger partial charge in [0.2, 0.25) is 5.95 Å². The standard InChI is InChI=1S/C10H14ClF3N4O/c1-2-15-9-16-5-7(11)8(17-9)18(3-4-19)6-10(12,13)14/h5,19H,2-4,6H2,1H3,(H,15,16,17). The van der Waals surface area contributed by atoms with Crippen LogP contribution in [0.1, 0.15) is 6.92 Å². The summed E-state index contributed by atoms with van der Waals surface area (Å²) in [4.78, 5) is 8.63. The van der Waals surface area contributed by atoms with E-state index in [1.165, 1.54) is 6.20 Å². The lowest BCUT2D eigenvalue weighted by molar-refractivity contribution is -0.119. The topological polar surface area (TPSA) is 61.3 Å². The lowest BCUT2D eigenvalue weighted by Gasteiger charge is -2.25. The van der Waals surface area contributed by atoms with Crippen LogP contribution in [-0.2, 0) is 0 Å². The Morgan fingerprint density at radius 1 is 1.47 bits per heavy atom. The minimum Gasteiger partial charge on any atom is -0.395 e. The molecule has 5 nitrogen and oxygen atoms in total. The molecule has 0 saturated heterocycles. The number of aliphatic hydroxyl groups is 1. The Labute approximate surface area is 113 Å². The van der Waals surface area contributed by atoms with Crippen LogP contribution in [0.3, 0.4) is 0 Å². The highest BCUT2D eigenvalue weighted by atomic mass is 35.5. The van der Waals surface area contributed by atoms with Gasteiger partial charge in [-0.3, -0.25) is 0 Å². The van der Waals surface area contributed by atoms with E-state index >= 15 is 0 Å². The number of halogens is 4. The zero-order valence-electron chi connectivity index (χ0n) is 10.2. The summed E-state index contributed by atoms with van der Waals surface area (Å²) in [5, 5.41) is 11.6. The van der Waals surface area contributed by atoms with Gasteiger partial charge in [0.1, 0.15) is 11.6 Å². The third kappa shape index (κ3) is 5.07. The van der Waals surface area contributed by atoms with E-state index in [4.69, 9.17) is 16.7 Å². The van der Waals surface area contributed by atoms with Crippen LogP contribution in [0.25, 0.3) is 0 Å². The summed E-state index contributed by atoms with van der Waals surface area (Å²) in [5.74, 6) is 0.131. The van der Waals surface area contributed by atoms with Crippen LogP contribution in [0.2, 0.25) is 5.02 Å². The molecule has 1 aromatic heterocycles. The molecule has 0 radical (unpaired) electrons. The first-order valence-corrected chi connectivity index (χ1v) is 5.94. The predicted molar refractivity (Wildman–Crippen MR) is 66.6 cm³/mol. The van der Waals surface area contributed by atoms with E-state index in [9.17, 15) is 13.2 Å². The molecule has 2 N–H and O–H groups in total. The predicted octanol–water partition coefficient (Wildman–Crippen LogP) is 1.92. The number of aromatic nitrogens is 2. The zero-order valence-corrected chi connectivity index (χ0v) is 11.0. The molecular weight excluding hydrogens is 285 g/mol. The number of hydrogen-bond donors (Lipinski definition) is 2. The molecule has 0 saturated carbocycles. The lowest BCUT2D eigenvalue weighted by Crippen LogP contribution is -2.37. The van der Waals surface area contributed by atoms with Crippen molar-refractivity contribution >= 4 is 23.4 Å². The third-order valence-corrected chi connectivity index (χ3v) is 2.37. The summed E-state index contributed by atoms with van der Waals surface area (Å²) in [6.45, 7) is 0.434. The molecule has 0 amide bonds. The highest BCUT2D eigenvalue weighted by Gasteiger charge is 2.32. The normalized spacial score (nSPS) is 11.5. The van der Waals surface area contributed by atoms with Crippen molar-refractivity contribution in [3.05, 3.63) is 11.2 Å². The van der Waals surface area contributed by atoms with Crippen molar-refractivity contribution < 1.29 is 18.3 Å². The summed E-state index contributed by atoms with van der Waals surface area (Å²) in [5.41, 5.74) is 0. The summed E-state index contributed by atoms with van der Waals surface area (Å²) >= 11 is 5.81. The first kappa shape index (κ1) is 15.8. The van der Waals surface area contributed by atoms with Gasteiger partial charge >= 0.3 is 6.18 Å². The molecule has 0 fully saturated rings. The van der Waals surface area contributed by atoms with E-state index in [1.807, 2.05) is 0 Å². The van der Waals surface area contributed by atoms with Crippen molar-refractivity contribution in [2.24, 2.45) is 0 Å². The number of aliphatic hydroxyl groups excluding tert-OH is 1. The fraction of sp³-hybridized carbons (Fsp3) is 0.600. The second kappa shape index (κ2) is 6.76. The Bertz CT molecular complexity index is 416. The Morgan fingerprint density at radius 3 is 2.68 bits per heavy atom. The van der Waals surface area contributed by atoms with Gasteiger partial charge in [-0.1, -0.05) is 11.6 Å². The largest absolute Gasteiger partial charge is 0.405 e. The lowest BCUT2D eigenvalue weighted by atomic mass is 10.4. The van der Waals surface area contributed by atoms with E-state index in [0.29, 0.717) is 6.54 Å². The molecule has 0 aliphatic carbocycles. The average Bonchev–Trinajstić information content (AvgIpc) is 2.30. The molecule has 9 heteroatoms. The number of rotatable bonds is 6. The molecule has 0 spiro atoms. The molecule has 0 aliphatic heterocycles. The van der Waals surface area contributed by atoms with Crippen molar-refractivity contribution in [1.29, 1.82) is 0 Å². The quantitative estimate of drug-likeness (QED) is 0.840. The van der Waals surface area contributed by atoms with Gasteiger partial charge in [0.25, 0.3) is 0 Å². The SMILES string of the molecule is CCNc1ncc(Cl)c(N(CCO)CC(F)(F)F)n1. The Kier molecular flexibility index (Phi) is 5.61. The molecule has 108 valence electrons. The van der Waals surface area contributed by atoms with Gasteiger partial charge < -0.3 is 15.3 Å². The van der Waals surface area contributed by atoms with Gasteiger partial charge in [-0.15, -0.1) is 0 Å². The molecule has 0 atom stereocenters. The van der Waals surface area contributed by atoms with Crippen molar-refractivity contribution in [3.8, 4) is 0 Å². The van der Waals surface area contributed by atoms with Crippen LogP contribution < -0.4 is 10.2 Å². The van der Waals surface area contributed by atoms with Gasteiger partial charge in [0, 0.05) is 13.1 Å². The molecule has 1 aromatic rings. The van der Waals surface area contributed by atoms with E-state index in [2.05, 4.69) is 15.3 Å². The van der Waals surface area contributed by atoms with Gasteiger partial charge in [-0.25, -0.2) is 4.98 Å². The maximum atomic E-state index is 12.5. The van der Waals surface area contributed by atoms with Gasteiger partial charge in [0.15, 0.2) is 5.82 Å². The van der Waals surface area contributed by atoms with E-state index < -0.39 is 19.3 Å². The molecular formula is C10H14ClF3N4O. The maximum Gasteiger partial charge on any atom is 0.405 e. The van der Waals surface area contributed by atoms with Crippen LogP contribution in [-0.4, -0.2) is 47.5 Å². The van der Waals surface area contributed by atoms with Gasteiger partial charge in [-0.05, 0) is 6.92 Å². The van der Waals surface area contributed by atoms with Crippen molar-refractivity contribution in [2.75, 3.05) is 36.5 Å². The zero-order chi connectivity index (χ0) is 14.5. The highest BCUT2D eigenvalue weighted by Crippen LogP contribution is 2.27. The van der Waals surface area contributed by atoms with Crippen LogP contribution in [0.4, 0.5) is 24.9 Å². The van der Waals surface area contributed by atoms with Gasteiger partial charge in [0.05, 0.1) is 12.8 Å².